The Labute approximate surface area is 171 Å². The van der Waals surface area contributed by atoms with Gasteiger partial charge in [0.25, 0.3) is 0 Å². The van der Waals surface area contributed by atoms with Gasteiger partial charge in [0.15, 0.2) is 0 Å². The van der Waals surface area contributed by atoms with Crippen molar-refractivity contribution in [2.45, 2.75) is 32.2 Å². The lowest BCUT2D eigenvalue weighted by molar-refractivity contribution is -0.135. The number of likely N-dealkylation sites (tertiary alicyclic amines) is 1. The van der Waals surface area contributed by atoms with Crippen LogP contribution in [0.25, 0.3) is 10.9 Å². The summed E-state index contributed by atoms with van der Waals surface area (Å²) >= 11 is 6.06. The van der Waals surface area contributed by atoms with Crippen LogP contribution in [0.15, 0.2) is 30.3 Å². The van der Waals surface area contributed by atoms with Crippen LogP contribution in [0.2, 0.25) is 5.02 Å². The van der Waals surface area contributed by atoms with E-state index in [9.17, 15) is 4.79 Å². The Morgan fingerprint density at radius 3 is 2.89 bits per heavy atom. The Hall–Kier alpha value is -1.69. The number of amides is 1. The topological polar surface area (TPSA) is 45.7 Å². The van der Waals surface area contributed by atoms with Crippen LogP contribution >= 0.6 is 11.6 Å². The van der Waals surface area contributed by atoms with Gasteiger partial charge in [-0.1, -0.05) is 17.7 Å². The third-order valence-electron chi connectivity index (χ3n) is 5.83. The van der Waals surface area contributed by atoms with E-state index in [4.69, 9.17) is 21.3 Å². The van der Waals surface area contributed by atoms with Gasteiger partial charge in [0.2, 0.25) is 5.91 Å². The first-order chi connectivity index (χ1) is 13.7. The van der Waals surface area contributed by atoms with Crippen LogP contribution in [-0.4, -0.2) is 60.1 Å². The number of nitrogens with zero attached hydrogens (tertiary/aromatic N) is 3. The van der Waals surface area contributed by atoms with E-state index in [1.54, 1.807) is 0 Å². The minimum absolute atomic E-state index is 0.287. The molecule has 2 aliphatic rings. The number of carbonyl (C=O) groups is 1. The van der Waals surface area contributed by atoms with Crippen molar-refractivity contribution in [3.63, 3.8) is 0 Å². The normalized spacial score (nSPS) is 21.2. The molecule has 1 aromatic heterocycles. The second kappa shape index (κ2) is 9.21. The van der Waals surface area contributed by atoms with E-state index < -0.39 is 0 Å². The largest absolute Gasteiger partial charge is 0.378 e. The van der Waals surface area contributed by atoms with Crippen LogP contribution < -0.4 is 0 Å². The molecule has 2 aromatic rings. The molecule has 1 amide bonds. The number of aromatic nitrogens is 1. The van der Waals surface area contributed by atoms with Gasteiger partial charge in [-0.15, -0.1) is 0 Å². The fourth-order valence-corrected chi connectivity index (χ4v) is 4.47. The van der Waals surface area contributed by atoms with Gasteiger partial charge in [0.05, 0.1) is 24.4 Å². The number of halogens is 1. The van der Waals surface area contributed by atoms with Gasteiger partial charge < -0.3 is 9.64 Å². The van der Waals surface area contributed by atoms with Crippen molar-refractivity contribution in [2.24, 2.45) is 5.92 Å². The van der Waals surface area contributed by atoms with Crippen LogP contribution in [-0.2, 0) is 16.1 Å². The standard InChI is InChI=1S/C22H28ClN3O2/c23-19-5-7-21-18(14-19)4-6-20(24-21)16-25-9-1-2-17(15-25)3-8-22(27)26-10-12-28-13-11-26/h4-7,14,17H,1-3,8-13,15-16H2/t17-/m0/s1. The number of pyridine rings is 1. The molecule has 0 radical (unpaired) electrons. The fraction of sp³-hybridized carbons (Fsp3) is 0.545. The molecule has 3 heterocycles. The van der Waals surface area contributed by atoms with Crippen LogP contribution in [0.5, 0.6) is 0 Å². The predicted molar refractivity (Wildman–Crippen MR) is 111 cm³/mol. The molecule has 150 valence electrons. The van der Waals surface area contributed by atoms with Gasteiger partial charge >= 0.3 is 0 Å². The number of piperidine rings is 1. The molecule has 2 saturated heterocycles. The van der Waals surface area contributed by atoms with E-state index >= 15 is 0 Å². The maximum atomic E-state index is 12.4. The molecular formula is C22H28ClN3O2. The van der Waals surface area contributed by atoms with E-state index in [1.807, 2.05) is 23.1 Å². The summed E-state index contributed by atoms with van der Waals surface area (Å²) in [7, 11) is 0. The van der Waals surface area contributed by atoms with Gasteiger partial charge in [0.1, 0.15) is 0 Å². The minimum Gasteiger partial charge on any atom is -0.378 e. The molecule has 6 heteroatoms. The van der Waals surface area contributed by atoms with Crippen molar-refractivity contribution in [3.8, 4) is 0 Å². The molecule has 28 heavy (non-hydrogen) atoms. The number of rotatable bonds is 5. The summed E-state index contributed by atoms with van der Waals surface area (Å²) in [6.45, 7) is 5.86. The number of hydrogen-bond acceptors (Lipinski definition) is 4. The monoisotopic (exact) mass is 401 g/mol. The van der Waals surface area contributed by atoms with Gasteiger partial charge in [0, 0.05) is 43.0 Å². The average molecular weight is 402 g/mol. The molecule has 0 N–H and O–H groups in total. The molecule has 2 fully saturated rings. The second-order valence-electron chi connectivity index (χ2n) is 7.91. The first-order valence-corrected chi connectivity index (χ1v) is 10.7. The van der Waals surface area contributed by atoms with E-state index in [-0.39, 0.29) is 5.91 Å². The van der Waals surface area contributed by atoms with Crippen LogP contribution in [0.3, 0.4) is 0 Å². The zero-order chi connectivity index (χ0) is 19.3. The van der Waals surface area contributed by atoms with Crippen molar-refractivity contribution < 1.29 is 9.53 Å². The van der Waals surface area contributed by atoms with Crippen molar-refractivity contribution in [3.05, 3.63) is 41.0 Å². The molecule has 1 atom stereocenters. The maximum absolute atomic E-state index is 12.4. The highest BCUT2D eigenvalue weighted by Crippen LogP contribution is 2.24. The molecule has 0 aliphatic carbocycles. The smallest absolute Gasteiger partial charge is 0.222 e. The summed E-state index contributed by atoms with van der Waals surface area (Å²) in [4.78, 5) is 21.6. The summed E-state index contributed by atoms with van der Waals surface area (Å²) in [6, 6.07) is 10.0. The molecule has 5 nitrogen and oxygen atoms in total. The van der Waals surface area contributed by atoms with E-state index in [2.05, 4.69) is 17.0 Å². The number of carbonyl (C=O) groups excluding carboxylic acids is 1. The number of morpholine rings is 1. The van der Waals surface area contributed by atoms with E-state index in [0.717, 1.165) is 60.8 Å². The summed E-state index contributed by atoms with van der Waals surface area (Å²) in [5, 5.41) is 1.82. The molecule has 4 rings (SSSR count). The fourth-order valence-electron chi connectivity index (χ4n) is 4.28. The predicted octanol–water partition coefficient (Wildman–Crippen LogP) is 3.74. The first kappa shape index (κ1) is 19.6. The minimum atomic E-state index is 0.287. The van der Waals surface area contributed by atoms with Crippen LogP contribution in [0, 0.1) is 5.92 Å². The molecule has 0 spiro atoms. The lowest BCUT2D eigenvalue weighted by Gasteiger charge is -2.33. The second-order valence-corrected chi connectivity index (χ2v) is 8.35. The zero-order valence-corrected chi connectivity index (χ0v) is 17.0. The van der Waals surface area contributed by atoms with Crippen molar-refractivity contribution in [1.82, 2.24) is 14.8 Å². The number of hydrogen-bond donors (Lipinski definition) is 0. The van der Waals surface area contributed by atoms with Crippen molar-refractivity contribution in [2.75, 3.05) is 39.4 Å². The van der Waals surface area contributed by atoms with Gasteiger partial charge in [-0.05, 0) is 56.0 Å². The zero-order valence-electron chi connectivity index (χ0n) is 16.3. The van der Waals surface area contributed by atoms with Gasteiger partial charge in [-0.3, -0.25) is 14.7 Å². The summed E-state index contributed by atoms with van der Waals surface area (Å²) in [5.41, 5.74) is 2.09. The molecule has 1 aromatic carbocycles. The molecular weight excluding hydrogens is 374 g/mol. The molecule has 0 unspecified atom stereocenters. The third kappa shape index (κ3) is 5.02. The number of ether oxygens (including phenoxy) is 1. The molecule has 0 saturated carbocycles. The number of fused-ring (bicyclic) bond motifs is 1. The Morgan fingerprint density at radius 1 is 1.18 bits per heavy atom. The maximum Gasteiger partial charge on any atom is 0.222 e. The van der Waals surface area contributed by atoms with Gasteiger partial charge in [-0.25, -0.2) is 0 Å². The van der Waals surface area contributed by atoms with Crippen LogP contribution in [0.4, 0.5) is 0 Å². The Bertz CT molecular complexity index is 823. The van der Waals surface area contributed by atoms with E-state index in [0.29, 0.717) is 25.6 Å². The summed E-state index contributed by atoms with van der Waals surface area (Å²) < 4.78 is 5.33. The van der Waals surface area contributed by atoms with Gasteiger partial charge in [-0.2, -0.15) is 0 Å². The summed E-state index contributed by atoms with van der Waals surface area (Å²) in [6.07, 6.45) is 4.06. The highest BCUT2D eigenvalue weighted by atomic mass is 35.5. The Morgan fingerprint density at radius 2 is 2.04 bits per heavy atom. The average Bonchev–Trinajstić information content (AvgIpc) is 2.73. The highest BCUT2D eigenvalue weighted by Gasteiger charge is 2.23. The van der Waals surface area contributed by atoms with Crippen molar-refractivity contribution >= 4 is 28.4 Å². The quantitative estimate of drug-likeness (QED) is 0.765. The SMILES string of the molecule is O=C(CC[C@@H]1CCCN(Cc2ccc3cc(Cl)ccc3n2)C1)N1CCOCC1. The lowest BCUT2D eigenvalue weighted by atomic mass is 9.93. The summed E-state index contributed by atoms with van der Waals surface area (Å²) in [5.74, 6) is 0.883. The first-order valence-electron chi connectivity index (χ1n) is 10.3. The lowest BCUT2D eigenvalue weighted by Crippen LogP contribution is -2.41. The van der Waals surface area contributed by atoms with E-state index in [1.165, 1.54) is 12.8 Å². The Balaban J connectivity index is 1.30. The van der Waals surface area contributed by atoms with Crippen LogP contribution in [0.1, 0.15) is 31.4 Å². The molecule has 2 aliphatic heterocycles. The Kier molecular flexibility index (Phi) is 6.45. The highest BCUT2D eigenvalue weighted by molar-refractivity contribution is 6.31. The third-order valence-corrected chi connectivity index (χ3v) is 6.06. The number of benzene rings is 1. The molecule has 0 bridgehead atoms. The van der Waals surface area contributed by atoms with Crippen molar-refractivity contribution in [1.29, 1.82) is 0 Å².